The van der Waals surface area contributed by atoms with Crippen LogP contribution in [0.2, 0.25) is 0 Å². The molecule has 2 amide bonds. The zero-order chi connectivity index (χ0) is 23.6. The number of rotatable bonds is 6. The van der Waals surface area contributed by atoms with Gasteiger partial charge in [-0.15, -0.1) is 0 Å². The van der Waals surface area contributed by atoms with Crippen molar-refractivity contribution in [3.63, 3.8) is 0 Å². The maximum atomic E-state index is 13.1. The molecule has 2 heterocycles. The number of hydrogen-bond acceptors (Lipinski definition) is 4. The van der Waals surface area contributed by atoms with Crippen LogP contribution in [0, 0.1) is 6.92 Å². The average molecular weight is 447 g/mol. The topological polar surface area (TPSA) is 101 Å². The molecule has 1 aliphatic rings. The number of aromatic nitrogens is 2. The number of nitrogens with zero attached hydrogens (tertiary/aromatic N) is 2. The number of nitrogens with one attached hydrogen (secondary N) is 1. The van der Waals surface area contributed by atoms with Gasteiger partial charge in [-0.25, -0.2) is 0 Å². The molecule has 0 radical (unpaired) electrons. The normalized spacial score (nSPS) is 18.5. The summed E-state index contributed by atoms with van der Waals surface area (Å²) in [5.74, 6) is -0.583. The van der Waals surface area contributed by atoms with E-state index in [1.54, 1.807) is 11.0 Å². The summed E-state index contributed by atoms with van der Waals surface area (Å²) >= 11 is 0. The zero-order valence-corrected chi connectivity index (χ0v) is 19.3. The molecule has 1 fully saturated rings. The number of H-pyrrole nitrogens is 1. The van der Waals surface area contributed by atoms with Gasteiger partial charge in [0.2, 0.25) is 0 Å². The standard InChI is InChI=1S/C26H30N4O3/c1-17(2)22-14-23(29-28-22)24(31)30-11-12-33-26(16-30,25(27)32)15-19-5-4-6-21(13-19)20-9-7-18(3)8-10-20/h4-10,13-14,17H,11-12,15-16H2,1-3H3,(H2,27,32)(H,28,29)/t26-/m0/s1. The highest BCUT2D eigenvalue weighted by atomic mass is 16.5. The van der Waals surface area contributed by atoms with Gasteiger partial charge < -0.3 is 15.4 Å². The summed E-state index contributed by atoms with van der Waals surface area (Å²) in [6, 6.07) is 18.0. The Morgan fingerprint density at radius 1 is 1.15 bits per heavy atom. The zero-order valence-electron chi connectivity index (χ0n) is 19.3. The Morgan fingerprint density at radius 3 is 2.58 bits per heavy atom. The predicted octanol–water partition coefficient (Wildman–Crippen LogP) is 3.45. The average Bonchev–Trinajstić information content (AvgIpc) is 3.30. The summed E-state index contributed by atoms with van der Waals surface area (Å²) in [6.07, 6.45) is 0.281. The number of hydrogen-bond donors (Lipinski definition) is 2. The van der Waals surface area contributed by atoms with Crippen molar-refractivity contribution in [2.45, 2.75) is 38.7 Å². The predicted molar refractivity (Wildman–Crippen MR) is 127 cm³/mol. The number of ether oxygens (including phenoxy) is 1. The van der Waals surface area contributed by atoms with Crippen LogP contribution < -0.4 is 5.73 Å². The van der Waals surface area contributed by atoms with Gasteiger partial charge in [-0.05, 0) is 35.6 Å². The molecule has 0 bridgehead atoms. The molecule has 0 unspecified atom stereocenters. The second kappa shape index (κ2) is 9.19. The number of primary amides is 1. The lowest BCUT2D eigenvalue weighted by molar-refractivity contribution is -0.153. The number of carbonyl (C=O) groups excluding carboxylic acids is 2. The van der Waals surface area contributed by atoms with Crippen molar-refractivity contribution in [2.24, 2.45) is 5.73 Å². The van der Waals surface area contributed by atoms with Gasteiger partial charge in [0.05, 0.1) is 13.2 Å². The van der Waals surface area contributed by atoms with Crippen molar-refractivity contribution < 1.29 is 14.3 Å². The molecule has 7 heteroatoms. The first kappa shape index (κ1) is 22.7. The highest BCUT2D eigenvalue weighted by molar-refractivity contribution is 5.93. The van der Waals surface area contributed by atoms with E-state index < -0.39 is 11.5 Å². The van der Waals surface area contributed by atoms with E-state index >= 15 is 0 Å². The van der Waals surface area contributed by atoms with Crippen LogP contribution in [0.25, 0.3) is 11.1 Å². The monoisotopic (exact) mass is 446 g/mol. The number of morpholine rings is 1. The first-order valence-corrected chi connectivity index (χ1v) is 11.2. The van der Waals surface area contributed by atoms with Gasteiger partial charge in [-0.3, -0.25) is 14.7 Å². The minimum atomic E-state index is -1.29. The van der Waals surface area contributed by atoms with Gasteiger partial charge in [0.15, 0.2) is 5.60 Å². The molecule has 1 aromatic heterocycles. The minimum absolute atomic E-state index is 0.0831. The van der Waals surface area contributed by atoms with Gasteiger partial charge in [0, 0.05) is 18.7 Å². The molecule has 1 aliphatic heterocycles. The molecule has 4 rings (SSSR count). The van der Waals surface area contributed by atoms with E-state index in [2.05, 4.69) is 41.4 Å². The van der Waals surface area contributed by atoms with Crippen LogP contribution in [-0.4, -0.2) is 52.2 Å². The van der Waals surface area contributed by atoms with E-state index in [-0.39, 0.29) is 31.4 Å². The molecule has 2 aromatic carbocycles. The number of carbonyl (C=O) groups is 2. The van der Waals surface area contributed by atoms with Gasteiger partial charge in [0.25, 0.3) is 11.8 Å². The number of aromatic amines is 1. The van der Waals surface area contributed by atoms with Crippen molar-refractivity contribution in [2.75, 3.05) is 19.7 Å². The fraction of sp³-hybridized carbons (Fsp3) is 0.346. The molecule has 1 atom stereocenters. The van der Waals surface area contributed by atoms with Gasteiger partial charge in [0.1, 0.15) is 5.69 Å². The smallest absolute Gasteiger partial charge is 0.274 e. The van der Waals surface area contributed by atoms with Gasteiger partial charge >= 0.3 is 0 Å². The maximum Gasteiger partial charge on any atom is 0.274 e. The van der Waals surface area contributed by atoms with E-state index in [1.807, 2.05) is 38.1 Å². The Balaban J connectivity index is 1.57. The lowest BCUT2D eigenvalue weighted by Crippen LogP contribution is -2.61. The summed E-state index contributed by atoms with van der Waals surface area (Å²) in [5, 5.41) is 7.08. The van der Waals surface area contributed by atoms with Gasteiger partial charge in [-0.1, -0.05) is 67.9 Å². The van der Waals surface area contributed by atoms with E-state index in [9.17, 15) is 9.59 Å². The van der Waals surface area contributed by atoms with Crippen LogP contribution in [0.3, 0.4) is 0 Å². The van der Waals surface area contributed by atoms with Crippen LogP contribution >= 0.6 is 0 Å². The molecule has 0 spiro atoms. The molecule has 3 aromatic rings. The van der Waals surface area contributed by atoms with Crippen molar-refractivity contribution in [3.05, 3.63) is 77.1 Å². The Hall–Kier alpha value is -3.45. The van der Waals surface area contributed by atoms with Crippen LogP contribution in [0.15, 0.2) is 54.6 Å². The molecule has 7 nitrogen and oxygen atoms in total. The number of aryl methyl sites for hydroxylation is 1. The summed E-state index contributed by atoms with van der Waals surface area (Å²) in [6.45, 7) is 6.80. The molecular formula is C26H30N4O3. The number of benzene rings is 2. The SMILES string of the molecule is Cc1ccc(-c2cccc(C[C@@]3(C(N)=O)CN(C(=O)c4cc(C(C)C)[nH]n4)CCO3)c2)cc1. The second-order valence-electron chi connectivity index (χ2n) is 9.04. The first-order valence-electron chi connectivity index (χ1n) is 11.2. The Bertz CT molecular complexity index is 1150. The summed E-state index contributed by atoms with van der Waals surface area (Å²) in [7, 11) is 0. The van der Waals surface area contributed by atoms with Crippen LogP contribution in [0.4, 0.5) is 0 Å². The van der Waals surface area contributed by atoms with Crippen molar-refractivity contribution in [1.82, 2.24) is 15.1 Å². The second-order valence-corrected chi connectivity index (χ2v) is 9.04. The van der Waals surface area contributed by atoms with Crippen LogP contribution in [-0.2, 0) is 16.0 Å². The van der Waals surface area contributed by atoms with Crippen LogP contribution in [0.1, 0.15) is 47.1 Å². The highest BCUT2D eigenvalue weighted by Gasteiger charge is 2.44. The van der Waals surface area contributed by atoms with Gasteiger partial charge in [-0.2, -0.15) is 5.10 Å². The van der Waals surface area contributed by atoms with Crippen molar-refractivity contribution in [1.29, 1.82) is 0 Å². The Labute approximate surface area is 193 Å². The lowest BCUT2D eigenvalue weighted by Gasteiger charge is -2.40. The fourth-order valence-corrected chi connectivity index (χ4v) is 4.14. The first-order chi connectivity index (χ1) is 15.8. The van der Waals surface area contributed by atoms with E-state index in [4.69, 9.17) is 10.5 Å². The molecule has 3 N–H and O–H groups in total. The largest absolute Gasteiger partial charge is 0.367 e. The summed E-state index contributed by atoms with van der Waals surface area (Å²) in [5.41, 5.74) is 10.0. The third kappa shape index (κ3) is 4.83. The minimum Gasteiger partial charge on any atom is -0.367 e. The summed E-state index contributed by atoms with van der Waals surface area (Å²) < 4.78 is 5.96. The summed E-state index contributed by atoms with van der Waals surface area (Å²) in [4.78, 5) is 27.3. The molecule has 33 heavy (non-hydrogen) atoms. The molecule has 0 saturated carbocycles. The molecule has 0 aliphatic carbocycles. The Morgan fingerprint density at radius 2 is 1.91 bits per heavy atom. The molecule has 1 saturated heterocycles. The van der Waals surface area contributed by atoms with Crippen molar-refractivity contribution in [3.8, 4) is 11.1 Å². The van der Waals surface area contributed by atoms with E-state index in [0.717, 1.165) is 22.4 Å². The number of nitrogens with two attached hydrogens (primary N) is 1. The fourth-order valence-electron chi connectivity index (χ4n) is 4.14. The third-order valence-electron chi connectivity index (χ3n) is 6.16. The molecule has 172 valence electrons. The number of amides is 2. The molecular weight excluding hydrogens is 416 g/mol. The van der Waals surface area contributed by atoms with Crippen molar-refractivity contribution >= 4 is 11.8 Å². The van der Waals surface area contributed by atoms with Crippen LogP contribution in [0.5, 0.6) is 0 Å². The maximum absolute atomic E-state index is 13.1. The van der Waals surface area contributed by atoms with E-state index in [1.165, 1.54) is 5.56 Å². The third-order valence-corrected chi connectivity index (χ3v) is 6.16. The van der Waals surface area contributed by atoms with E-state index in [0.29, 0.717) is 12.2 Å². The quantitative estimate of drug-likeness (QED) is 0.606. The Kier molecular flexibility index (Phi) is 6.33. The lowest BCUT2D eigenvalue weighted by atomic mass is 9.90. The highest BCUT2D eigenvalue weighted by Crippen LogP contribution is 2.27.